The second-order valence-corrected chi connectivity index (χ2v) is 22.0. The van der Waals surface area contributed by atoms with Crippen LogP contribution in [0.2, 0.25) is 25.7 Å². The monoisotopic (exact) mass is 398 g/mol. The molecule has 1 aliphatic heterocycles. The number of rotatable bonds is 4. The third-order valence-corrected chi connectivity index (χ3v) is 21.8. The molecule has 0 saturated carbocycles. The van der Waals surface area contributed by atoms with E-state index >= 15 is 0 Å². The molecule has 2 rings (SSSR count). The van der Waals surface area contributed by atoms with Crippen LogP contribution in [0, 0.1) is 6.08 Å². The summed E-state index contributed by atoms with van der Waals surface area (Å²) in [7, 11) is -2.68. The van der Waals surface area contributed by atoms with Crippen LogP contribution < -0.4 is 30.1 Å². The minimum atomic E-state index is -1.36. The number of fused-ring (bicyclic) bond motifs is 1. The Morgan fingerprint density at radius 3 is 2.24 bits per heavy atom. The maximum absolute atomic E-state index is 9.30. The van der Waals surface area contributed by atoms with Crippen LogP contribution in [0.5, 0.6) is 0 Å². The van der Waals surface area contributed by atoms with Gasteiger partial charge in [0.2, 0.25) is 0 Å². The molecular formula is C14H26Cl2NOSi2Ti. The van der Waals surface area contributed by atoms with Gasteiger partial charge in [-0.3, -0.25) is 6.08 Å². The Kier molecular flexibility index (Phi) is 8.87. The van der Waals surface area contributed by atoms with Crippen LogP contribution in [0.4, 0.5) is 0 Å². The number of hydrogen-bond donors (Lipinski definition) is 2. The van der Waals surface area contributed by atoms with Gasteiger partial charge in [-0.2, -0.15) is 5.20 Å². The van der Waals surface area contributed by atoms with E-state index in [1.54, 1.807) is 10.4 Å². The normalized spacial score (nSPS) is 23.3. The van der Waals surface area contributed by atoms with Gasteiger partial charge in [-0.15, -0.1) is 0 Å². The first-order valence-electron chi connectivity index (χ1n) is 6.88. The second kappa shape index (κ2) is 7.69. The zero-order valence-electron chi connectivity index (χ0n) is 13.8. The molecular weight excluding hydrogens is 373 g/mol. The zero-order chi connectivity index (χ0) is 13.8. The van der Waals surface area contributed by atoms with E-state index in [2.05, 4.69) is 51.8 Å². The summed E-state index contributed by atoms with van der Waals surface area (Å²) < 4.78 is 0. The first kappa shape index (κ1) is 24.2. The standard InChI is InChI=1S/C14H26NOSi2.2ClH.Ti/c1-14(2,3)15-11-7-8-12-13(11)18(12,6)17(4,5)10-9-16;;;/h15-16H,7,9-10H2,1-6H3;2*1H;/q-1;;;+3/p-2. The fourth-order valence-corrected chi connectivity index (χ4v) is 15.8. The van der Waals surface area contributed by atoms with Crippen LogP contribution in [0.3, 0.4) is 0 Å². The first-order valence-corrected chi connectivity index (χ1v) is 13.6. The smallest absolute Gasteiger partial charge is 1.00 e. The number of hydrogen-bond acceptors (Lipinski definition) is 2. The summed E-state index contributed by atoms with van der Waals surface area (Å²) in [4.78, 5) is 0. The Bertz CT molecular complexity index is 447. The van der Waals surface area contributed by atoms with Crippen molar-refractivity contribution in [3.8, 4) is 0 Å². The molecule has 0 aromatic heterocycles. The molecule has 7 heteroatoms. The van der Waals surface area contributed by atoms with E-state index in [1.165, 1.54) is 5.70 Å². The van der Waals surface area contributed by atoms with Crippen LogP contribution in [0.15, 0.2) is 16.1 Å². The molecule has 1 heterocycles. The van der Waals surface area contributed by atoms with Crippen molar-refractivity contribution in [2.24, 2.45) is 0 Å². The summed E-state index contributed by atoms with van der Waals surface area (Å²) in [6, 6.07) is 1.03. The fraction of sp³-hybridized carbons (Fsp3) is 0.714. The van der Waals surface area contributed by atoms with E-state index < -0.39 is 15.2 Å². The predicted molar refractivity (Wildman–Crippen MR) is 82.3 cm³/mol. The SMILES string of the molecule is CC(C)(C)NC1=C2C(=[C-]C1)[Si]2(C)[Si](C)(C)CCO.[Cl-].[Cl-].[Ti+3]. The Labute approximate surface area is 158 Å². The maximum Gasteiger partial charge on any atom is 3.00 e. The van der Waals surface area contributed by atoms with Crippen LogP contribution in [-0.2, 0) is 21.7 Å². The Hall–Kier alpha value is 0.968. The molecule has 21 heavy (non-hydrogen) atoms. The van der Waals surface area contributed by atoms with Crippen molar-refractivity contribution in [3.05, 3.63) is 22.2 Å². The van der Waals surface area contributed by atoms with Gasteiger partial charge in [0.1, 0.15) is 0 Å². The van der Waals surface area contributed by atoms with Crippen molar-refractivity contribution >= 4 is 15.2 Å². The van der Waals surface area contributed by atoms with Gasteiger partial charge in [-0.25, -0.2) is 5.20 Å². The molecule has 2 N–H and O–H groups in total. The summed E-state index contributed by atoms with van der Waals surface area (Å²) in [5.74, 6) is 0. The van der Waals surface area contributed by atoms with Gasteiger partial charge in [-0.05, 0) is 34.4 Å². The molecule has 119 valence electrons. The zero-order valence-corrected chi connectivity index (χ0v) is 18.9. The van der Waals surface area contributed by atoms with E-state index in [1.807, 2.05) is 0 Å². The van der Waals surface area contributed by atoms with Gasteiger partial charge in [0.25, 0.3) is 0 Å². The molecule has 1 radical (unpaired) electrons. The van der Waals surface area contributed by atoms with Crippen molar-refractivity contribution in [1.29, 1.82) is 0 Å². The first-order chi connectivity index (χ1) is 8.13. The number of allylic oxidation sites excluding steroid dienone is 3. The molecule has 2 nitrogen and oxygen atoms in total. The molecule has 1 saturated heterocycles. The van der Waals surface area contributed by atoms with E-state index in [0.717, 1.165) is 12.5 Å². The second-order valence-electron chi connectivity index (χ2n) is 7.44. The number of aliphatic hydroxyl groups excluding tert-OH is 1. The average molecular weight is 399 g/mol. The van der Waals surface area contributed by atoms with E-state index in [9.17, 15) is 5.11 Å². The summed E-state index contributed by atoms with van der Waals surface area (Å²) >= 11 is 0. The Balaban J connectivity index is 0. The summed E-state index contributed by atoms with van der Waals surface area (Å²) in [5.41, 5.74) is 1.57. The number of nitrogens with one attached hydrogen (secondary N) is 1. The largest absolute Gasteiger partial charge is 3.00 e. The topological polar surface area (TPSA) is 32.3 Å². The van der Waals surface area contributed by atoms with Crippen LogP contribution in [0.25, 0.3) is 0 Å². The molecule has 2 aliphatic rings. The molecule has 0 bridgehead atoms. The summed E-state index contributed by atoms with van der Waals surface area (Å²) in [5, 5.41) is 16.2. The molecule has 0 aromatic rings. The van der Waals surface area contributed by atoms with E-state index in [-0.39, 0.29) is 52.1 Å². The van der Waals surface area contributed by atoms with Gasteiger partial charge in [0.05, 0.1) is 0 Å². The minimum Gasteiger partial charge on any atom is -1.00 e. The van der Waals surface area contributed by atoms with Crippen LogP contribution >= 0.6 is 0 Å². The molecule has 1 fully saturated rings. The van der Waals surface area contributed by atoms with Crippen LogP contribution in [0.1, 0.15) is 27.2 Å². The maximum atomic E-state index is 9.30. The molecule has 0 amide bonds. The molecule has 0 spiro atoms. The van der Waals surface area contributed by atoms with E-state index in [4.69, 9.17) is 0 Å². The summed E-state index contributed by atoms with van der Waals surface area (Å²) in [6.07, 6.45) is 4.60. The fourth-order valence-electron chi connectivity index (χ4n) is 3.12. The molecule has 1 atom stereocenters. The molecule has 1 aliphatic carbocycles. The number of halogens is 2. The van der Waals surface area contributed by atoms with Crippen molar-refractivity contribution in [3.63, 3.8) is 0 Å². The minimum absolute atomic E-state index is 0. The summed E-state index contributed by atoms with van der Waals surface area (Å²) in [6.45, 7) is 14.4. The average Bonchev–Trinajstić information content (AvgIpc) is 2.59. The Morgan fingerprint density at radius 1 is 1.29 bits per heavy atom. The van der Waals surface area contributed by atoms with Crippen molar-refractivity contribution < 1.29 is 51.6 Å². The predicted octanol–water partition coefficient (Wildman–Crippen LogP) is -3.28. The van der Waals surface area contributed by atoms with Crippen LogP contribution in [-0.4, -0.2) is 32.4 Å². The molecule has 0 aromatic carbocycles. The van der Waals surface area contributed by atoms with E-state index in [0.29, 0.717) is 6.61 Å². The third-order valence-electron chi connectivity index (χ3n) is 4.55. The third kappa shape index (κ3) is 4.28. The van der Waals surface area contributed by atoms with Crippen molar-refractivity contribution in [2.45, 2.75) is 58.4 Å². The van der Waals surface area contributed by atoms with Crippen molar-refractivity contribution in [2.75, 3.05) is 6.61 Å². The van der Waals surface area contributed by atoms with Gasteiger partial charge >= 0.3 is 21.7 Å². The molecule has 1 unspecified atom stereocenters. The van der Waals surface area contributed by atoms with Gasteiger partial charge in [0, 0.05) is 19.7 Å². The van der Waals surface area contributed by atoms with Gasteiger partial charge in [-0.1, -0.05) is 31.8 Å². The quantitative estimate of drug-likeness (QED) is 0.384. The van der Waals surface area contributed by atoms with Gasteiger partial charge in [0.15, 0.2) is 0 Å². The Morgan fingerprint density at radius 2 is 1.81 bits per heavy atom. The van der Waals surface area contributed by atoms with Gasteiger partial charge < -0.3 is 35.2 Å². The van der Waals surface area contributed by atoms with Crippen molar-refractivity contribution in [1.82, 2.24) is 5.32 Å². The number of aliphatic hydroxyl groups is 1.